The Balaban J connectivity index is 1.58. The Hall–Kier alpha value is -0.960. The van der Waals surface area contributed by atoms with Crippen LogP contribution in [-0.2, 0) is 13.8 Å². The van der Waals surface area contributed by atoms with Crippen molar-refractivity contribution in [3.63, 3.8) is 0 Å². The van der Waals surface area contributed by atoms with Gasteiger partial charge in [-0.3, -0.25) is 14.3 Å². The summed E-state index contributed by atoms with van der Waals surface area (Å²) in [5, 5.41) is 9.75. The fourth-order valence-electron chi connectivity index (χ4n) is 2.34. The maximum atomic E-state index is 11.6. The number of fused-ring (bicyclic) bond motifs is 1. The normalized spacial score (nSPS) is 37.1. The first kappa shape index (κ1) is 13.0. The zero-order valence-electron chi connectivity index (χ0n) is 9.69. The fourth-order valence-corrected chi connectivity index (χ4v) is 2.68. The van der Waals surface area contributed by atoms with Crippen LogP contribution in [0.1, 0.15) is 6.42 Å². The average Bonchev–Trinajstić information content (AvgIpc) is 2.61. The van der Waals surface area contributed by atoms with Gasteiger partial charge in [-0.15, -0.1) is 0 Å². The summed E-state index contributed by atoms with van der Waals surface area (Å²) in [4.78, 5) is 31.8. The van der Waals surface area contributed by atoms with Crippen LogP contribution < -0.4 is 0 Å². The van der Waals surface area contributed by atoms with Crippen LogP contribution in [0.25, 0.3) is 0 Å². The molecular weight excluding hydrogens is 279 g/mol. The SMILES string of the molecule is O=C1N2C=C[C@H]2N1[C@H]1C[C@H](O)[C@@H](COP(=O)(O)O)O1. The Kier molecular flexibility index (Phi) is 2.93. The van der Waals surface area contributed by atoms with Crippen LogP contribution in [0.4, 0.5) is 4.79 Å². The van der Waals surface area contributed by atoms with Gasteiger partial charge >= 0.3 is 13.9 Å². The number of aliphatic hydroxyl groups is 1. The third kappa shape index (κ3) is 2.18. The first-order chi connectivity index (χ1) is 8.87. The molecule has 2 saturated heterocycles. The summed E-state index contributed by atoms with van der Waals surface area (Å²) in [6.45, 7) is -0.422. The third-order valence-corrected chi connectivity index (χ3v) is 3.84. The van der Waals surface area contributed by atoms with Crippen molar-refractivity contribution >= 4 is 13.9 Å². The molecule has 3 aliphatic heterocycles. The number of ether oxygens (including phenoxy) is 1. The summed E-state index contributed by atoms with van der Waals surface area (Å²) in [6.07, 6.45) is 1.15. The van der Waals surface area contributed by atoms with E-state index in [1.165, 1.54) is 9.80 Å². The molecule has 9 nitrogen and oxygen atoms in total. The van der Waals surface area contributed by atoms with E-state index in [0.29, 0.717) is 0 Å². The van der Waals surface area contributed by atoms with Gasteiger partial charge in [-0.05, 0) is 6.08 Å². The smallest absolute Gasteiger partial charge is 0.390 e. The number of hydrogen-bond acceptors (Lipinski definition) is 5. The van der Waals surface area contributed by atoms with Crippen LogP contribution in [-0.4, -0.2) is 61.9 Å². The average molecular weight is 292 g/mol. The summed E-state index contributed by atoms with van der Waals surface area (Å²) in [6, 6.07) is -0.207. The van der Waals surface area contributed by atoms with Crippen LogP contribution in [0.2, 0.25) is 0 Å². The van der Waals surface area contributed by atoms with E-state index in [1.807, 2.05) is 6.08 Å². The molecule has 0 unspecified atom stereocenters. The topological polar surface area (TPSA) is 120 Å². The predicted octanol–water partition coefficient (Wildman–Crippen LogP) is -0.837. The lowest BCUT2D eigenvalue weighted by atomic mass is 10.1. The van der Waals surface area contributed by atoms with E-state index in [1.54, 1.807) is 6.20 Å². The zero-order valence-corrected chi connectivity index (χ0v) is 10.6. The van der Waals surface area contributed by atoms with Crippen LogP contribution in [0.15, 0.2) is 12.3 Å². The maximum Gasteiger partial charge on any atom is 0.469 e. The van der Waals surface area contributed by atoms with Gasteiger partial charge in [0.25, 0.3) is 0 Å². The standard InChI is InChI=1S/C9H13N2O7P/c12-5-3-8(11-7-1-2-10(7)9(11)13)18-6(5)4-17-19(14,15)16/h1-2,5-8,12H,3-4H2,(H2,14,15,16)/t5-,6+,7+,8+/m0/s1. The van der Waals surface area contributed by atoms with E-state index >= 15 is 0 Å². The number of amides is 2. The predicted molar refractivity (Wildman–Crippen MR) is 59.3 cm³/mol. The molecule has 2 fully saturated rings. The van der Waals surface area contributed by atoms with Crippen molar-refractivity contribution in [3.05, 3.63) is 12.3 Å². The monoisotopic (exact) mass is 292 g/mol. The number of nitrogens with zero attached hydrogens (tertiary/aromatic N) is 2. The van der Waals surface area contributed by atoms with Crippen LogP contribution >= 0.6 is 7.82 Å². The van der Waals surface area contributed by atoms with Gasteiger partial charge in [0.2, 0.25) is 0 Å². The van der Waals surface area contributed by atoms with E-state index < -0.39 is 32.9 Å². The molecule has 0 aromatic carbocycles. The number of carbonyl (C=O) groups excluding carboxylic acids is 1. The Labute approximate surface area is 108 Å². The molecule has 106 valence electrons. The molecular formula is C9H13N2O7P. The first-order valence-electron chi connectivity index (χ1n) is 5.69. The van der Waals surface area contributed by atoms with Crippen molar-refractivity contribution in [2.24, 2.45) is 0 Å². The summed E-state index contributed by atoms with van der Waals surface area (Å²) in [5.41, 5.74) is 0. The van der Waals surface area contributed by atoms with Gasteiger partial charge in [0, 0.05) is 12.6 Å². The molecule has 3 heterocycles. The highest BCUT2D eigenvalue weighted by atomic mass is 31.2. The Morgan fingerprint density at radius 2 is 2.26 bits per heavy atom. The van der Waals surface area contributed by atoms with Gasteiger partial charge in [-0.2, -0.15) is 0 Å². The van der Waals surface area contributed by atoms with Crippen LogP contribution in [0.5, 0.6) is 0 Å². The lowest BCUT2D eigenvalue weighted by molar-refractivity contribution is -0.116. The number of aliphatic hydroxyl groups excluding tert-OH is 1. The van der Waals surface area contributed by atoms with Crippen molar-refractivity contribution in [1.29, 1.82) is 0 Å². The molecule has 10 heteroatoms. The highest BCUT2D eigenvalue weighted by Crippen LogP contribution is 2.39. The number of hydrogen-bond donors (Lipinski definition) is 3. The van der Waals surface area contributed by atoms with Crippen molar-refractivity contribution < 1.29 is 33.5 Å². The molecule has 3 aliphatic rings. The minimum absolute atomic E-state index is 0.133. The molecule has 4 atom stereocenters. The minimum atomic E-state index is -4.60. The molecule has 19 heavy (non-hydrogen) atoms. The maximum absolute atomic E-state index is 11.6. The Morgan fingerprint density at radius 3 is 2.79 bits per heavy atom. The highest BCUT2D eigenvalue weighted by Gasteiger charge is 2.53. The van der Waals surface area contributed by atoms with E-state index in [9.17, 15) is 14.5 Å². The van der Waals surface area contributed by atoms with E-state index in [4.69, 9.17) is 14.5 Å². The van der Waals surface area contributed by atoms with E-state index in [2.05, 4.69) is 4.52 Å². The lowest BCUT2D eigenvalue weighted by Crippen LogP contribution is -2.71. The molecule has 0 aromatic rings. The third-order valence-electron chi connectivity index (χ3n) is 3.35. The molecule has 0 saturated carbocycles. The number of phosphoric acid groups is 1. The lowest BCUT2D eigenvalue weighted by Gasteiger charge is -2.54. The highest BCUT2D eigenvalue weighted by molar-refractivity contribution is 7.46. The van der Waals surface area contributed by atoms with Gasteiger partial charge in [-0.1, -0.05) is 0 Å². The van der Waals surface area contributed by atoms with E-state index in [0.717, 1.165) is 0 Å². The summed E-state index contributed by atoms with van der Waals surface area (Å²) < 4.78 is 20.3. The van der Waals surface area contributed by atoms with Crippen molar-refractivity contribution in [3.8, 4) is 0 Å². The number of phosphoric ester groups is 1. The molecule has 3 rings (SSSR count). The quantitative estimate of drug-likeness (QED) is 0.578. The number of rotatable bonds is 4. The van der Waals surface area contributed by atoms with Gasteiger partial charge in [-0.25, -0.2) is 9.36 Å². The minimum Gasteiger partial charge on any atom is -0.390 e. The Morgan fingerprint density at radius 1 is 1.53 bits per heavy atom. The molecule has 0 spiro atoms. The van der Waals surface area contributed by atoms with Gasteiger partial charge < -0.3 is 19.6 Å². The number of urea groups is 1. The fraction of sp³-hybridized carbons (Fsp3) is 0.667. The first-order valence-corrected chi connectivity index (χ1v) is 7.22. The second-order valence-corrected chi connectivity index (χ2v) is 5.81. The second-order valence-electron chi connectivity index (χ2n) is 4.57. The molecule has 0 aromatic heterocycles. The van der Waals surface area contributed by atoms with E-state index in [-0.39, 0.29) is 18.6 Å². The van der Waals surface area contributed by atoms with Gasteiger partial charge in [0.05, 0.1) is 12.7 Å². The summed E-state index contributed by atoms with van der Waals surface area (Å²) in [5.74, 6) is 0. The molecule has 0 aliphatic carbocycles. The second kappa shape index (κ2) is 4.27. The van der Waals surface area contributed by atoms with Crippen molar-refractivity contribution in [1.82, 2.24) is 9.80 Å². The van der Waals surface area contributed by atoms with Crippen LogP contribution in [0.3, 0.4) is 0 Å². The summed E-state index contributed by atoms with van der Waals surface area (Å²) in [7, 11) is -4.60. The molecule has 0 bridgehead atoms. The van der Waals surface area contributed by atoms with Crippen molar-refractivity contribution in [2.45, 2.75) is 31.0 Å². The van der Waals surface area contributed by atoms with Gasteiger partial charge in [0.15, 0.2) is 0 Å². The summed E-state index contributed by atoms with van der Waals surface area (Å²) >= 11 is 0. The van der Waals surface area contributed by atoms with Crippen LogP contribution in [0, 0.1) is 0 Å². The Bertz CT molecular complexity index is 477. The zero-order chi connectivity index (χ0) is 13.8. The van der Waals surface area contributed by atoms with Crippen molar-refractivity contribution in [2.75, 3.05) is 6.61 Å². The molecule has 2 amide bonds. The number of carbonyl (C=O) groups is 1. The molecule has 0 radical (unpaired) electrons. The van der Waals surface area contributed by atoms with Gasteiger partial charge in [0.1, 0.15) is 18.5 Å². The largest absolute Gasteiger partial charge is 0.469 e. The molecule has 3 N–H and O–H groups in total.